The second-order valence-electron chi connectivity index (χ2n) is 7.78. The molecule has 0 radical (unpaired) electrons. The summed E-state index contributed by atoms with van der Waals surface area (Å²) in [6.07, 6.45) is 21.9. The van der Waals surface area contributed by atoms with E-state index < -0.39 is 0 Å². The summed E-state index contributed by atoms with van der Waals surface area (Å²) in [5, 5.41) is 5.82. The maximum Gasteiger partial charge on any atom is 0.294 e. The van der Waals surface area contributed by atoms with Gasteiger partial charge in [-0.1, -0.05) is 104 Å². The number of guanidine groups is 1. The topological polar surface area (TPSA) is 41.0 Å². The monoisotopic (exact) mass is 403 g/mol. The maximum atomic E-state index is 4.80. The molecule has 3 N–H and O–H groups in total. The zero-order valence-corrected chi connectivity index (χ0v) is 19.6. The average Bonchev–Trinajstić information content (AvgIpc) is 2.65. The normalized spacial score (nSPS) is 11.4. The molecule has 0 saturated heterocycles. The molecule has 0 bridgehead atoms. The van der Waals surface area contributed by atoms with Gasteiger partial charge in [0.15, 0.2) is 0 Å². The molecule has 27 heavy (non-hydrogen) atoms. The highest BCUT2D eigenvalue weighted by atomic mass is 35.5. The predicted octanol–water partition coefficient (Wildman–Crippen LogP) is 2.80. The van der Waals surface area contributed by atoms with Crippen LogP contribution in [0.25, 0.3) is 0 Å². The number of halogens is 1. The molecule has 0 aliphatic rings. The third-order valence-corrected chi connectivity index (χ3v) is 5.03. The standard InChI is InChI=1S/C23H49N3.ClH/c1-4-7-10-11-12-13-14-15-16-17-18-19-22-26-23(24-20-8-5-2)25-21-9-6-3;/h4-22H2,1-3H3,(H2,24,25,26);1H. The highest BCUT2D eigenvalue weighted by Crippen LogP contribution is 2.11. The zero-order valence-electron chi connectivity index (χ0n) is 18.8. The van der Waals surface area contributed by atoms with Crippen LogP contribution in [0.2, 0.25) is 0 Å². The Kier molecular flexibility index (Phi) is 27.6. The Morgan fingerprint density at radius 2 is 1.11 bits per heavy atom. The van der Waals surface area contributed by atoms with E-state index in [1.54, 1.807) is 0 Å². The lowest BCUT2D eigenvalue weighted by Crippen LogP contribution is -3.00. The Balaban J connectivity index is 0. The molecule has 4 heteroatoms. The van der Waals surface area contributed by atoms with E-state index in [1.165, 1.54) is 103 Å². The lowest BCUT2D eigenvalue weighted by atomic mass is 10.1. The molecule has 0 aromatic rings. The lowest BCUT2D eigenvalue weighted by molar-refractivity contribution is -0.544. The molecule has 0 saturated carbocycles. The molecule has 164 valence electrons. The molecule has 0 aliphatic carbocycles. The summed E-state index contributed by atoms with van der Waals surface area (Å²) in [5.41, 5.74) is 0. The number of rotatable bonds is 19. The van der Waals surface area contributed by atoms with Crippen LogP contribution >= 0.6 is 0 Å². The van der Waals surface area contributed by atoms with Gasteiger partial charge >= 0.3 is 0 Å². The minimum atomic E-state index is 0. The van der Waals surface area contributed by atoms with Crippen LogP contribution in [0.15, 0.2) is 4.99 Å². The molecule has 0 aliphatic heterocycles. The third-order valence-electron chi connectivity index (χ3n) is 5.03. The third kappa shape index (κ3) is 23.7. The van der Waals surface area contributed by atoms with Crippen molar-refractivity contribution in [2.24, 2.45) is 4.99 Å². The minimum absolute atomic E-state index is 0. The first-order valence-corrected chi connectivity index (χ1v) is 12.0. The van der Waals surface area contributed by atoms with Gasteiger partial charge in [0.25, 0.3) is 5.96 Å². The summed E-state index contributed by atoms with van der Waals surface area (Å²) in [6, 6.07) is 0. The van der Waals surface area contributed by atoms with E-state index in [2.05, 4.69) is 31.4 Å². The van der Waals surface area contributed by atoms with Gasteiger partial charge in [0, 0.05) is 13.1 Å². The van der Waals surface area contributed by atoms with Crippen molar-refractivity contribution in [1.82, 2.24) is 5.32 Å². The van der Waals surface area contributed by atoms with Gasteiger partial charge < -0.3 is 17.7 Å². The lowest BCUT2D eigenvalue weighted by Gasteiger charge is -2.07. The number of hydrogen-bond acceptors (Lipinski definition) is 1. The fraction of sp³-hybridized carbons (Fsp3) is 0.957. The molecule has 0 unspecified atom stereocenters. The highest BCUT2D eigenvalue weighted by Gasteiger charge is 2.02. The molecule has 0 aromatic heterocycles. The van der Waals surface area contributed by atoms with Crippen LogP contribution in [-0.4, -0.2) is 25.6 Å². The number of nitrogens with two attached hydrogens (primary N) is 1. The van der Waals surface area contributed by atoms with E-state index >= 15 is 0 Å². The Hall–Kier alpha value is -0.280. The molecule has 0 spiro atoms. The minimum Gasteiger partial charge on any atom is -1.00 e. The largest absolute Gasteiger partial charge is 1.00 e. The molecule has 0 aromatic carbocycles. The second-order valence-corrected chi connectivity index (χ2v) is 7.78. The quantitative estimate of drug-likeness (QED) is 0.194. The Bertz CT molecular complexity index is 283. The molecule has 0 amide bonds. The van der Waals surface area contributed by atoms with Crippen LogP contribution in [0.1, 0.15) is 124 Å². The van der Waals surface area contributed by atoms with Crippen molar-refractivity contribution in [3.05, 3.63) is 0 Å². The summed E-state index contributed by atoms with van der Waals surface area (Å²) in [4.78, 5) is 4.80. The van der Waals surface area contributed by atoms with Gasteiger partial charge in [-0.15, -0.1) is 0 Å². The summed E-state index contributed by atoms with van der Waals surface area (Å²) in [6.45, 7) is 10.0. The highest BCUT2D eigenvalue weighted by molar-refractivity contribution is 5.69. The Morgan fingerprint density at radius 1 is 0.630 bits per heavy atom. The fourth-order valence-corrected chi connectivity index (χ4v) is 3.18. The van der Waals surface area contributed by atoms with Crippen LogP contribution in [0, 0.1) is 0 Å². The van der Waals surface area contributed by atoms with Crippen molar-refractivity contribution >= 4 is 5.96 Å². The number of hydrogen-bond donors (Lipinski definition) is 2. The first-order valence-electron chi connectivity index (χ1n) is 12.0. The van der Waals surface area contributed by atoms with Crippen molar-refractivity contribution < 1.29 is 17.7 Å². The van der Waals surface area contributed by atoms with Crippen molar-refractivity contribution in [2.45, 2.75) is 124 Å². The van der Waals surface area contributed by atoms with Gasteiger partial charge in [-0.3, -0.25) is 5.32 Å². The average molecular weight is 404 g/mol. The Morgan fingerprint density at radius 3 is 1.63 bits per heavy atom. The Labute approximate surface area is 177 Å². The van der Waals surface area contributed by atoms with Gasteiger partial charge in [-0.2, -0.15) is 0 Å². The molecule has 0 fully saturated rings. The predicted molar refractivity (Wildman–Crippen MR) is 118 cm³/mol. The van der Waals surface area contributed by atoms with Crippen molar-refractivity contribution in [2.75, 3.05) is 19.6 Å². The summed E-state index contributed by atoms with van der Waals surface area (Å²) < 4.78 is 0. The number of quaternary nitrogens is 1. The summed E-state index contributed by atoms with van der Waals surface area (Å²) >= 11 is 0. The van der Waals surface area contributed by atoms with Crippen molar-refractivity contribution in [3.8, 4) is 0 Å². The van der Waals surface area contributed by atoms with Gasteiger partial charge in [0.1, 0.15) is 0 Å². The van der Waals surface area contributed by atoms with E-state index in [0.29, 0.717) is 0 Å². The van der Waals surface area contributed by atoms with Gasteiger partial charge in [0.05, 0.1) is 6.54 Å². The van der Waals surface area contributed by atoms with Gasteiger partial charge in [0.2, 0.25) is 0 Å². The zero-order chi connectivity index (χ0) is 19.1. The summed E-state index contributed by atoms with van der Waals surface area (Å²) in [7, 11) is 0. The summed E-state index contributed by atoms with van der Waals surface area (Å²) in [5.74, 6) is 1.15. The van der Waals surface area contributed by atoms with Crippen molar-refractivity contribution in [1.29, 1.82) is 0 Å². The van der Waals surface area contributed by atoms with Crippen LogP contribution in [-0.2, 0) is 0 Å². The van der Waals surface area contributed by atoms with Crippen LogP contribution in [0.4, 0.5) is 0 Å². The SMILES string of the molecule is CCCCCCCCCCCCCCN=C(NCCCC)[NH2+]CCCC.[Cl-]. The van der Waals surface area contributed by atoms with Crippen LogP contribution < -0.4 is 23.0 Å². The molecular weight excluding hydrogens is 354 g/mol. The van der Waals surface area contributed by atoms with Crippen LogP contribution in [0.3, 0.4) is 0 Å². The number of nitrogens with zero attached hydrogens (tertiary/aromatic N) is 1. The molecule has 0 rings (SSSR count). The smallest absolute Gasteiger partial charge is 0.294 e. The first-order chi connectivity index (χ1) is 12.8. The second kappa shape index (κ2) is 25.7. The van der Waals surface area contributed by atoms with E-state index in [-0.39, 0.29) is 12.4 Å². The fourth-order valence-electron chi connectivity index (χ4n) is 3.18. The van der Waals surface area contributed by atoms with E-state index in [4.69, 9.17) is 4.99 Å². The molecular formula is C23H50ClN3. The number of unbranched alkanes of at least 4 members (excludes halogenated alkanes) is 13. The van der Waals surface area contributed by atoms with E-state index in [9.17, 15) is 0 Å². The molecule has 0 heterocycles. The number of nitrogens with one attached hydrogen (secondary N) is 1. The molecule has 0 atom stereocenters. The van der Waals surface area contributed by atoms with Crippen molar-refractivity contribution in [3.63, 3.8) is 0 Å². The van der Waals surface area contributed by atoms with Gasteiger partial charge in [-0.25, -0.2) is 4.99 Å². The molecule has 3 nitrogen and oxygen atoms in total. The van der Waals surface area contributed by atoms with Gasteiger partial charge in [-0.05, 0) is 19.3 Å². The first kappa shape index (κ1) is 28.9. The van der Waals surface area contributed by atoms with E-state index in [1.807, 2.05) is 0 Å². The van der Waals surface area contributed by atoms with E-state index in [0.717, 1.165) is 25.6 Å². The number of aliphatic imine (C=N–C) groups is 1. The maximum absolute atomic E-state index is 4.80. The van der Waals surface area contributed by atoms with Crippen LogP contribution in [0.5, 0.6) is 0 Å².